The topological polar surface area (TPSA) is 91.0 Å². The molecule has 0 spiro atoms. The first-order valence-corrected chi connectivity index (χ1v) is 8.40. The van der Waals surface area contributed by atoms with E-state index in [0.29, 0.717) is 38.6 Å². The number of anilines is 1. The zero-order valence-electron chi connectivity index (χ0n) is 13.5. The monoisotopic (exact) mass is 386 g/mol. The summed E-state index contributed by atoms with van der Waals surface area (Å²) in [5.41, 5.74) is 9.35. The molecule has 2 aromatic carbocycles. The molecule has 8 heteroatoms. The summed E-state index contributed by atoms with van der Waals surface area (Å²) >= 11 is 12.1. The van der Waals surface area contributed by atoms with Crippen LogP contribution in [0.15, 0.2) is 51.5 Å². The highest BCUT2D eigenvalue weighted by Gasteiger charge is 2.18. The van der Waals surface area contributed by atoms with Gasteiger partial charge < -0.3 is 14.8 Å². The normalized spacial score (nSPS) is 11.0. The molecule has 2 aromatic heterocycles. The highest BCUT2D eigenvalue weighted by atomic mass is 35.5. The number of nitrogens with zero attached hydrogens (tertiary/aromatic N) is 3. The fourth-order valence-electron chi connectivity index (χ4n) is 2.52. The Balaban J connectivity index is 1.69. The molecule has 0 radical (unpaired) electrons. The number of nitrogen functional groups attached to an aromatic ring is 1. The first kappa shape index (κ1) is 16.6. The van der Waals surface area contributed by atoms with Gasteiger partial charge in [-0.15, -0.1) is 0 Å². The number of hydrogen-bond acceptors (Lipinski definition) is 6. The van der Waals surface area contributed by atoms with Crippen LogP contribution in [0.25, 0.3) is 34.3 Å². The maximum Gasteiger partial charge on any atom is 0.280 e. The van der Waals surface area contributed by atoms with Crippen LogP contribution in [0.4, 0.5) is 5.69 Å². The minimum Gasteiger partial charge on any atom is -0.398 e. The van der Waals surface area contributed by atoms with Gasteiger partial charge in [0.15, 0.2) is 11.5 Å². The summed E-state index contributed by atoms with van der Waals surface area (Å²) in [6.45, 7) is 1.90. The Labute approximate surface area is 158 Å². The number of aromatic nitrogens is 3. The van der Waals surface area contributed by atoms with Gasteiger partial charge in [-0.25, -0.2) is 0 Å². The smallest absolute Gasteiger partial charge is 0.280 e. The molecule has 0 aliphatic rings. The lowest BCUT2D eigenvalue weighted by Gasteiger charge is -2.03. The van der Waals surface area contributed by atoms with Crippen LogP contribution >= 0.6 is 23.2 Å². The summed E-state index contributed by atoms with van der Waals surface area (Å²) in [5.74, 6) is 1.14. The van der Waals surface area contributed by atoms with Crippen LogP contribution in [0.2, 0.25) is 10.0 Å². The second-order valence-electron chi connectivity index (χ2n) is 5.64. The van der Waals surface area contributed by atoms with Crippen molar-refractivity contribution in [1.29, 1.82) is 0 Å². The molecule has 26 heavy (non-hydrogen) atoms. The van der Waals surface area contributed by atoms with Crippen molar-refractivity contribution in [1.82, 2.24) is 15.3 Å². The molecular formula is C18H12Cl2N4O2. The third kappa shape index (κ3) is 2.94. The Morgan fingerprint density at radius 2 is 1.81 bits per heavy atom. The predicted octanol–water partition coefficient (Wildman–Crippen LogP) is 5.26. The number of hydrogen-bond donors (Lipinski definition) is 1. The molecule has 2 heterocycles. The molecule has 2 N–H and O–H groups in total. The van der Waals surface area contributed by atoms with E-state index in [1.165, 1.54) is 0 Å². The minimum atomic E-state index is 0.238. The average Bonchev–Trinajstić information content (AvgIpc) is 3.26. The third-order valence-corrected chi connectivity index (χ3v) is 4.52. The quantitative estimate of drug-likeness (QED) is 0.483. The van der Waals surface area contributed by atoms with E-state index in [0.717, 1.165) is 11.1 Å². The maximum atomic E-state index is 6.20. The Morgan fingerprint density at radius 1 is 0.962 bits per heavy atom. The van der Waals surface area contributed by atoms with Gasteiger partial charge in [0.25, 0.3) is 5.89 Å². The van der Waals surface area contributed by atoms with E-state index < -0.39 is 0 Å². The van der Waals surface area contributed by atoms with Gasteiger partial charge in [-0.2, -0.15) is 4.98 Å². The summed E-state index contributed by atoms with van der Waals surface area (Å²) in [6, 6.07) is 12.3. The van der Waals surface area contributed by atoms with Crippen molar-refractivity contribution in [3.05, 3.63) is 58.1 Å². The van der Waals surface area contributed by atoms with Crippen molar-refractivity contribution in [2.75, 3.05) is 5.73 Å². The maximum absolute atomic E-state index is 6.20. The predicted molar refractivity (Wildman–Crippen MR) is 99.8 cm³/mol. The molecule has 0 bridgehead atoms. The van der Waals surface area contributed by atoms with E-state index in [1.807, 2.05) is 25.1 Å². The standard InChI is InChI=1S/C18H12Cl2N4O2/c1-9-11(3-2-4-14(9)21)17-22-18(26-24-17)15-8-16(25-23-15)12-6-5-10(19)7-13(12)20/h2-8H,21H2,1H3. The van der Waals surface area contributed by atoms with E-state index in [1.54, 1.807) is 24.3 Å². The molecule has 0 atom stereocenters. The summed E-state index contributed by atoms with van der Waals surface area (Å²) in [4.78, 5) is 4.39. The summed E-state index contributed by atoms with van der Waals surface area (Å²) in [6.07, 6.45) is 0. The van der Waals surface area contributed by atoms with Gasteiger partial charge in [0.05, 0.1) is 5.02 Å². The average molecular weight is 387 g/mol. The second kappa shape index (κ2) is 6.48. The fourth-order valence-corrected chi connectivity index (χ4v) is 3.03. The van der Waals surface area contributed by atoms with Crippen molar-refractivity contribution in [2.24, 2.45) is 0 Å². The zero-order valence-corrected chi connectivity index (χ0v) is 15.0. The van der Waals surface area contributed by atoms with Crippen molar-refractivity contribution >= 4 is 28.9 Å². The first-order valence-electron chi connectivity index (χ1n) is 7.64. The minimum absolute atomic E-state index is 0.238. The lowest BCUT2D eigenvalue weighted by Crippen LogP contribution is -1.92. The lowest BCUT2D eigenvalue weighted by atomic mass is 10.1. The highest BCUT2D eigenvalue weighted by molar-refractivity contribution is 6.36. The summed E-state index contributed by atoms with van der Waals surface area (Å²) < 4.78 is 10.7. The van der Waals surface area contributed by atoms with E-state index in [9.17, 15) is 0 Å². The van der Waals surface area contributed by atoms with E-state index in [-0.39, 0.29) is 5.89 Å². The molecule has 130 valence electrons. The second-order valence-corrected chi connectivity index (χ2v) is 6.49. The van der Waals surface area contributed by atoms with Crippen molar-refractivity contribution in [2.45, 2.75) is 6.92 Å². The number of halogens is 2. The van der Waals surface area contributed by atoms with Crippen LogP contribution < -0.4 is 5.73 Å². The van der Waals surface area contributed by atoms with Crippen LogP contribution in [0.1, 0.15) is 5.56 Å². The molecule has 0 aliphatic carbocycles. The number of benzene rings is 2. The fraction of sp³-hybridized carbons (Fsp3) is 0.0556. The van der Waals surface area contributed by atoms with Gasteiger partial charge in [-0.05, 0) is 36.8 Å². The van der Waals surface area contributed by atoms with Gasteiger partial charge >= 0.3 is 0 Å². The van der Waals surface area contributed by atoms with Crippen LogP contribution in [0, 0.1) is 6.92 Å². The molecule has 0 saturated carbocycles. The largest absolute Gasteiger partial charge is 0.398 e. The highest BCUT2D eigenvalue weighted by Crippen LogP contribution is 2.33. The molecule has 6 nitrogen and oxygen atoms in total. The van der Waals surface area contributed by atoms with Crippen molar-refractivity contribution in [3.63, 3.8) is 0 Å². The molecule has 0 amide bonds. The Morgan fingerprint density at radius 3 is 2.62 bits per heavy atom. The Kier molecular flexibility index (Phi) is 4.14. The van der Waals surface area contributed by atoms with Gasteiger partial charge in [0, 0.05) is 27.9 Å². The van der Waals surface area contributed by atoms with E-state index in [4.69, 9.17) is 38.0 Å². The number of rotatable bonds is 3. The molecule has 0 saturated heterocycles. The molecule has 0 aliphatic heterocycles. The molecule has 4 rings (SSSR count). The first-order chi connectivity index (χ1) is 12.5. The van der Waals surface area contributed by atoms with Crippen molar-refractivity contribution in [3.8, 4) is 34.3 Å². The molecule has 4 aromatic rings. The van der Waals surface area contributed by atoms with Gasteiger partial charge in [0.2, 0.25) is 5.82 Å². The van der Waals surface area contributed by atoms with Gasteiger partial charge in [-0.1, -0.05) is 45.6 Å². The molecule has 0 unspecified atom stereocenters. The summed E-state index contributed by atoms with van der Waals surface area (Å²) in [7, 11) is 0. The molecule has 0 fully saturated rings. The third-order valence-electron chi connectivity index (χ3n) is 3.97. The number of nitrogens with two attached hydrogens (primary N) is 1. The van der Waals surface area contributed by atoms with Gasteiger partial charge in [0.1, 0.15) is 0 Å². The zero-order chi connectivity index (χ0) is 18.3. The van der Waals surface area contributed by atoms with Crippen molar-refractivity contribution < 1.29 is 9.05 Å². The van der Waals surface area contributed by atoms with Crippen LogP contribution in [0.5, 0.6) is 0 Å². The van der Waals surface area contributed by atoms with E-state index >= 15 is 0 Å². The SMILES string of the molecule is Cc1c(N)cccc1-c1noc(-c2cc(-c3ccc(Cl)cc3Cl)on2)n1. The Hall–Kier alpha value is -2.83. The van der Waals surface area contributed by atoms with Gasteiger partial charge in [-0.3, -0.25) is 0 Å². The van der Waals surface area contributed by atoms with Crippen LogP contribution in [-0.4, -0.2) is 15.3 Å². The summed E-state index contributed by atoms with van der Waals surface area (Å²) in [5, 5.41) is 8.99. The van der Waals surface area contributed by atoms with Crippen LogP contribution in [-0.2, 0) is 0 Å². The Bertz CT molecular complexity index is 1100. The van der Waals surface area contributed by atoms with Crippen LogP contribution in [0.3, 0.4) is 0 Å². The lowest BCUT2D eigenvalue weighted by molar-refractivity contribution is 0.411. The molecular weight excluding hydrogens is 375 g/mol. The van der Waals surface area contributed by atoms with E-state index in [2.05, 4.69) is 15.3 Å².